The number of imide groups is 1. The highest BCUT2D eigenvalue weighted by Crippen LogP contribution is 2.43. The number of primary sulfonamides is 1. The Morgan fingerprint density at radius 1 is 0.953 bits per heavy atom. The van der Waals surface area contributed by atoms with Crippen LogP contribution in [-0.4, -0.2) is 72.2 Å². The predicted molar refractivity (Wildman–Crippen MR) is 248 cm³/mol. The summed E-state index contributed by atoms with van der Waals surface area (Å²) in [4.78, 5) is 56.5. The summed E-state index contributed by atoms with van der Waals surface area (Å²) in [6, 6.07) is 22.7. The average molecular weight is 907 g/mol. The summed E-state index contributed by atoms with van der Waals surface area (Å²) < 4.78 is 41.1. The zero-order valence-electron chi connectivity index (χ0n) is 36.6. The number of thiazole rings is 1. The number of nitrogens with zero attached hydrogens (tertiary/aromatic N) is 5. The fourth-order valence-corrected chi connectivity index (χ4v) is 11.2. The van der Waals surface area contributed by atoms with Gasteiger partial charge >= 0.3 is 0 Å². The van der Waals surface area contributed by atoms with Crippen LogP contribution in [0.2, 0.25) is 0 Å². The number of carbonyl (C=O) groups excluding carboxylic acids is 3. The SMILES string of the molecule is CCC(c1cccc(-c2nc(C(C)(C)C)sc2-c2ccnc(Nc3ccc(C4CCN(C(=O)C[C@H]5CCN(c6ccc([C@@H]7CCC(=O)NC7=O)cc6)C5)CC4)cc3)n2)c1F)S(N)(=O)=O. The summed E-state index contributed by atoms with van der Waals surface area (Å²) in [6.07, 6.45) is 5.91. The zero-order chi connectivity index (χ0) is 45.3. The number of carbonyl (C=O) groups is 3. The Morgan fingerprint density at radius 2 is 1.67 bits per heavy atom. The van der Waals surface area contributed by atoms with Crippen molar-refractivity contribution in [1.29, 1.82) is 0 Å². The first-order valence-corrected chi connectivity index (χ1v) is 24.5. The third kappa shape index (κ3) is 9.88. The van der Waals surface area contributed by atoms with Gasteiger partial charge in [0.25, 0.3) is 0 Å². The van der Waals surface area contributed by atoms with Gasteiger partial charge in [0, 0.05) is 73.1 Å². The quantitative estimate of drug-likeness (QED) is 0.103. The molecule has 0 radical (unpaired) electrons. The molecule has 4 N–H and O–H groups in total. The van der Waals surface area contributed by atoms with Gasteiger partial charge in [0.1, 0.15) is 11.1 Å². The molecule has 64 heavy (non-hydrogen) atoms. The normalized spacial score (nSPS) is 19.2. The fraction of sp³-hybridized carbons (Fsp3) is 0.417. The van der Waals surface area contributed by atoms with Crippen LogP contribution in [0.25, 0.3) is 21.8 Å². The van der Waals surface area contributed by atoms with E-state index in [1.54, 1.807) is 31.3 Å². The minimum Gasteiger partial charge on any atom is -0.371 e. The maximum atomic E-state index is 16.3. The van der Waals surface area contributed by atoms with Gasteiger partial charge in [-0.25, -0.2) is 32.9 Å². The molecule has 3 aromatic carbocycles. The first-order valence-electron chi connectivity index (χ1n) is 22.0. The molecule has 3 aliphatic heterocycles. The Labute approximate surface area is 378 Å². The minimum atomic E-state index is -4.05. The molecule has 0 aliphatic carbocycles. The van der Waals surface area contributed by atoms with Gasteiger partial charge in [-0.05, 0) is 91.5 Å². The van der Waals surface area contributed by atoms with Crippen LogP contribution in [0.5, 0.6) is 0 Å². The van der Waals surface area contributed by atoms with Gasteiger partial charge in [0.05, 0.1) is 27.2 Å². The molecule has 3 aliphatic rings. The Bertz CT molecular complexity index is 2640. The number of aromatic nitrogens is 3. The van der Waals surface area contributed by atoms with Crippen molar-refractivity contribution in [2.24, 2.45) is 11.1 Å². The smallest absolute Gasteiger partial charge is 0.234 e. The molecule has 3 atom stereocenters. The van der Waals surface area contributed by atoms with Crippen molar-refractivity contribution in [2.75, 3.05) is 36.4 Å². The number of likely N-dealkylation sites (tertiary alicyclic amines) is 1. The molecule has 3 saturated heterocycles. The van der Waals surface area contributed by atoms with Crippen molar-refractivity contribution in [3.63, 3.8) is 0 Å². The molecule has 8 rings (SSSR count). The van der Waals surface area contributed by atoms with Crippen molar-refractivity contribution < 1.29 is 27.2 Å². The average Bonchev–Trinajstić information content (AvgIpc) is 3.93. The van der Waals surface area contributed by atoms with Gasteiger partial charge in [0.2, 0.25) is 33.7 Å². The number of hydrogen-bond acceptors (Lipinski definition) is 11. The summed E-state index contributed by atoms with van der Waals surface area (Å²) in [7, 11) is -4.05. The van der Waals surface area contributed by atoms with Gasteiger partial charge in [-0.3, -0.25) is 19.7 Å². The molecule has 0 bridgehead atoms. The van der Waals surface area contributed by atoms with E-state index in [1.165, 1.54) is 23.0 Å². The molecule has 13 nitrogen and oxygen atoms in total. The second-order valence-corrected chi connectivity index (χ2v) is 21.0. The lowest BCUT2D eigenvalue weighted by Crippen LogP contribution is -2.39. The number of benzene rings is 3. The fourth-order valence-electron chi connectivity index (χ4n) is 9.12. The van der Waals surface area contributed by atoms with E-state index in [-0.39, 0.29) is 52.5 Å². The van der Waals surface area contributed by atoms with E-state index >= 15 is 4.39 Å². The molecule has 0 saturated carbocycles. The maximum Gasteiger partial charge on any atom is 0.234 e. The molecule has 16 heteroatoms. The van der Waals surface area contributed by atoms with E-state index < -0.39 is 21.1 Å². The molecule has 3 fully saturated rings. The Morgan fingerprint density at radius 3 is 2.34 bits per heavy atom. The number of sulfonamides is 1. The first kappa shape index (κ1) is 45.0. The van der Waals surface area contributed by atoms with Gasteiger partial charge in [-0.2, -0.15) is 0 Å². The van der Waals surface area contributed by atoms with Gasteiger partial charge in [0.15, 0.2) is 0 Å². The van der Waals surface area contributed by atoms with Gasteiger partial charge in [-0.15, -0.1) is 11.3 Å². The van der Waals surface area contributed by atoms with Crippen molar-refractivity contribution in [3.05, 3.63) is 107 Å². The van der Waals surface area contributed by atoms with Crippen molar-refractivity contribution in [1.82, 2.24) is 25.2 Å². The molecular weight excluding hydrogens is 852 g/mol. The molecular formula is C48H55FN8O5S2. The largest absolute Gasteiger partial charge is 0.371 e. The summed E-state index contributed by atoms with van der Waals surface area (Å²) in [5.41, 5.74) is 4.77. The van der Waals surface area contributed by atoms with E-state index in [2.05, 4.69) is 32.7 Å². The second-order valence-electron chi connectivity index (χ2n) is 18.2. The topological polar surface area (TPSA) is 181 Å². The van der Waals surface area contributed by atoms with E-state index in [0.29, 0.717) is 47.4 Å². The maximum absolute atomic E-state index is 16.3. The van der Waals surface area contributed by atoms with E-state index in [9.17, 15) is 22.8 Å². The van der Waals surface area contributed by atoms with Gasteiger partial charge < -0.3 is 15.1 Å². The molecule has 0 spiro atoms. The number of rotatable bonds is 12. The van der Waals surface area contributed by atoms with Crippen LogP contribution in [-0.2, 0) is 29.8 Å². The Hall–Kier alpha value is -5.58. The number of nitrogens with two attached hydrogens (primary N) is 1. The highest BCUT2D eigenvalue weighted by molar-refractivity contribution is 7.89. The highest BCUT2D eigenvalue weighted by atomic mass is 32.2. The van der Waals surface area contributed by atoms with Crippen LogP contribution in [0, 0.1) is 11.7 Å². The third-order valence-electron chi connectivity index (χ3n) is 12.7. The lowest BCUT2D eigenvalue weighted by Gasteiger charge is -2.33. The van der Waals surface area contributed by atoms with Crippen LogP contribution < -0.4 is 20.7 Å². The molecule has 3 amide bonds. The van der Waals surface area contributed by atoms with Crippen LogP contribution in [0.1, 0.15) is 111 Å². The van der Waals surface area contributed by atoms with Crippen LogP contribution in [0.15, 0.2) is 79.0 Å². The number of hydrogen-bond donors (Lipinski definition) is 3. The molecule has 1 unspecified atom stereocenters. The standard InChI is InChI=1S/C48H55FN8O5S2/c1-5-39(64(50,61)62)36-7-6-8-37(42(36)49)43-44(63-46(55-43)48(2,3)4)38-19-23-51-47(53-38)52-33-13-9-30(10-14-33)31-21-25-56(26-22-31)41(59)27-29-20-24-57(28-29)34-15-11-32(12-16-34)35-17-18-40(58)54-45(35)60/h6-16,19,23,29,31,35,39H,5,17-18,20-22,24-28H2,1-4H3,(H2,50,61,62)(H,51,52,53)(H,54,58,60)/t29-,35+,39?/m1/s1. The van der Waals surface area contributed by atoms with Crippen molar-refractivity contribution >= 4 is 56.4 Å². The zero-order valence-corrected chi connectivity index (χ0v) is 38.3. The number of halogens is 1. The summed E-state index contributed by atoms with van der Waals surface area (Å²) in [6.45, 7) is 10.9. The van der Waals surface area contributed by atoms with Crippen LogP contribution in [0.4, 0.5) is 21.7 Å². The van der Waals surface area contributed by atoms with Crippen molar-refractivity contribution in [2.45, 2.75) is 95.1 Å². The molecule has 2 aromatic heterocycles. The summed E-state index contributed by atoms with van der Waals surface area (Å²) >= 11 is 1.41. The van der Waals surface area contributed by atoms with Crippen molar-refractivity contribution in [3.8, 4) is 21.8 Å². The summed E-state index contributed by atoms with van der Waals surface area (Å²) in [5.74, 6) is -0.226. The predicted octanol–water partition coefficient (Wildman–Crippen LogP) is 8.33. The minimum absolute atomic E-state index is 0.00844. The monoisotopic (exact) mass is 906 g/mol. The lowest BCUT2D eigenvalue weighted by atomic mass is 9.89. The molecule has 5 aromatic rings. The highest BCUT2D eigenvalue weighted by Gasteiger charge is 2.32. The van der Waals surface area contributed by atoms with E-state index in [4.69, 9.17) is 15.1 Å². The number of amides is 3. The van der Waals surface area contributed by atoms with Crippen LogP contribution in [0.3, 0.4) is 0 Å². The Kier molecular flexibility index (Phi) is 13.0. The number of anilines is 3. The molecule has 336 valence electrons. The summed E-state index contributed by atoms with van der Waals surface area (Å²) in [5, 5.41) is 10.8. The number of nitrogens with one attached hydrogen (secondary N) is 2. The van der Waals surface area contributed by atoms with E-state index in [0.717, 1.165) is 67.4 Å². The number of piperidine rings is 2. The van der Waals surface area contributed by atoms with Gasteiger partial charge in [-0.1, -0.05) is 64.1 Å². The second kappa shape index (κ2) is 18.5. The third-order valence-corrected chi connectivity index (χ3v) is 15.6. The van der Waals surface area contributed by atoms with E-state index in [1.807, 2.05) is 62.1 Å². The van der Waals surface area contributed by atoms with Crippen LogP contribution >= 0.6 is 11.3 Å². The Balaban J connectivity index is 0.869. The molecule has 5 heterocycles. The first-order chi connectivity index (χ1) is 30.5. The lowest BCUT2D eigenvalue weighted by molar-refractivity contribution is -0.135.